The quantitative estimate of drug-likeness (QED) is 0.731. The molecule has 1 aromatic heterocycles. The van der Waals surface area contributed by atoms with Crippen molar-refractivity contribution in [1.82, 2.24) is 14.8 Å². The number of thioether (sulfide) groups is 1. The monoisotopic (exact) mass is 409 g/mol. The lowest BCUT2D eigenvalue weighted by Gasteiger charge is -2.34. The normalized spacial score (nSPS) is 20.3. The first kappa shape index (κ1) is 20.0. The van der Waals surface area contributed by atoms with Gasteiger partial charge in [-0.05, 0) is 29.9 Å². The highest BCUT2D eigenvalue weighted by molar-refractivity contribution is 7.99. The Kier molecular flexibility index (Phi) is 6.85. The molecule has 1 amide bonds. The van der Waals surface area contributed by atoms with Crippen LogP contribution in [0.5, 0.6) is 5.88 Å². The van der Waals surface area contributed by atoms with Gasteiger partial charge >= 0.3 is 0 Å². The van der Waals surface area contributed by atoms with E-state index in [1.165, 1.54) is 5.56 Å². The molecule has 2 aliphatic heterocycles. The minimum atomic E-state index is 0.0261. The van der Waals surface area contributed by atoms with Crippen LogP contribution in [0.15, 0.2) is 54.7 Å². The average Bonchev–Trinajstić information content (AvgIpc) is 3.28. The van der Waals surface area contributed by atoms with E-state index >= 15 is 0 Å². The van der Waals surface area contributed by atoms with E-state index in [1.54, 1.807) is 6.20 Å². The number of hydrogen-bond acceptors (Lipinski definition) is 5. The fourth-order valence-corrected chi connectivity index (χ4v) is 4.71. The van der Waals surface area contributed by atoms with Gasteiger partial charge in [0.2, 0.25) is 5.88 Å². The molecule has 2 saturated heterocycles. The number of carbonyl (C=O) groups excluding carboxylic acids is 1. The highest BCUT2D eigenvalue weighted by Crippen LogP contribution is 2.25. The molecule has 0 spiro atoms. The maximum Gasteiger partial charge on any atom is 0.259 e. The summed E-state index contributed by atoms with van der Waals surface area (Å²) in [4.78, 5) is 21.7. The van der Waals surface area contributed by atoms with E-state index in [4.69, 9.17) is 4.74 Å². The Morgan fingerprint density at radius 1 is 1.14 bits per heavy atom. The van der Waals surface area contributed by atoms with Crippen molar-refractivity contribution in [3.8, 4) is 5.88 Å². The highest BCUT2D eigenvalue weighted by Gasteiger charge is 2.26. The Morgan fingerprint density at radius 3 is 2.72 bits per heavy atom. The SMILES string of the molecule is O=C(c1cccnc1OC1CCSC1)N1CCN(C/C=C/c2ccccc2)CC1. The number of hydrogen-bond donors (Lipinski definition) is 0. The molecule has 2 aliphatic rings. The molecule has 0 saturated carbocycles. The first-order valence-electron chi connectivity index (χ1n) is 10.2. The Hall–Kier alpha value is -2.31. The largest absolute Gasteiger partial charge is 0.473 e. The molecule has 2 fully saturated rings. The molecule has 2 aromatic rings. The number of aromatic nitrogens is 1. The number of piperazine rings is 1. The van der Waals surface area contributed by atoms with E-state index in [2.05, 4.69) is 34.2 Å². The second-order valence-corrected chi connectivity index (χ2v) is 8.52. The number of amides is 1. The van der Waals surface area contributed by atoms with Crippen LogP contribution < -0.4 is 4.74 Å². The lowest BCUT2D eigenvalue weighted by Crippen LogP contribution is -2.48. The Bertz CT molecular complexity index is 829. The van der Waals surface area contributed by atoms with Gasteiger partial charge < -0.3 is 9.64 Å². The Labute approximate surface area is 176 Å². The molecular formula is C23H27N3O2S. The van der Waals surface area contributed by atoms with Gasteiger partial charge in [-0.1, -0.05) is 42.5 Å². The van der Waals surface area contributed by atoms with E-state index in [0.29, 0.717) is 11.4 Å². The van der Waals surface area contributed by atoms with Crippen LogP contribution in [0, 0.1) is 0 Å². The Balaban J connectivity index is 1.30. The Morgan fingerprint density at radius 2 is 1.97 bits per heavy atom. The van der Waals surface area contributed by atoms with Gasteiger partial charge in [0.1, 0.15) is 11.7 Å². The summed E-state index contributed by atoms with van der Waals surface area (Å²) < 4.78 is 6.04. The minimum Gasteiger partial charge on any atom is -0.473 e. The summed E-state index contributed by atoms with van der Waals surface area (Å²) >= 11 is 1.89. The van der Waals surface area contributed by atoms with Gasteiger partial charge in [0, 0.05) is 44.7 Å². The third-order valence-electron chi connectivity index (χ3n) is 5.30. The number of benzene rings is 1. The summed E-state index contributed by atoms with van der Waals surface area (Å²) in [6, 6.07) is 14.0. The molecular weight excluding hydrogens is 382 g/mol. The second kappa shape index (κ2) is 9.94. The van der Waals surface area contributed by atoms with Crippen LogP contribution in [-0.4, -0.2) is 71.0 Å². The van der Waals surface area contributed by atoms with Gasteiger partial charge in [0.15, 0.2) is 0 Å². The van der Waals surface area contributed by atoms with Crippen LogP contribution in [0.3, 0.4) is 0 Å². The first-order valence-corrected chi connectivity index (χ1v) is 11.4. The van der Waals surface area contributed by atoms with E-state index in [9.17, 15) is 4.79 Å². The van der Waals surface area contributed by atoms with Gasteiger partial charge in [0.25, 0.3) is 5.91 Å². The number of ether oxygens (including phenoxy) is 1. The first-order chi connectivity index (χ1) is 14.3. The number of nitrogens with zero attached hydrogens (tertiary/aromatic N) is 3. The summed E-state index contributed by atoms with van der Waals surface area (Å²) in [5, 5.41) is 0. The van der Waals surface area contributed by atoms with Gasteiger partial charge in [-0.2, -0.15) is 11.8 Å². The molecule has 5 nitrogen and oxygen atoms in total. The highest BCUT2D eigenvalue weighted by atomic mass is 32.2. The van der Waals surface area contributed by atoms with E-state index in [-0.39, 0.29) is 12.0 Å². The summed E-state index contributed by atoms with van der Waals surface area (Å²) in [6.07, 6.45) is 7.22. The fourth-order valence-electron chi connectivity index (χ4n) is 3.62. The molecule has 6 heteroatoms. The summed E-state index contributed by atoms with van der Waals surface area (Å²) in [5.74, 6) is 2.59. The number of rotatable bonds is 6. The number of pyridine rings is 1. The van der Waals surface area contributed by atoms with Crippen LogP contribution in [0.1, 0.15) is 22.3 Å². The van der Waals surface area contributed by atoms with Crippen LogP contribution in [0.2, 0.25) is 0 Å². The van der Waals surface area contributed by atoms with Crippen LogP contribution >= 0.6 is 11.8 Å². The minimum absolute atomic E-state index is 0.0261. The van der Waals surface area contributed by atoms with Crippen molar-refractivity contribution in [3.05, 3.63) is 65.9 Å². The van der Waals surface area contributed by atoms with Crippen molar-refractivity contribution in [1.29, 1.82) is 0 Å². The zero-order valence-electron chi connectivity index (χ0n) is 16.6. The van der Waals surface area contributed by atoms with Crippen LogP contribution in [0.25, 0.3) is 6.08 Å². The molecule has 0 bridgehead atoms. The lowest BCUT2D eigenvalue weighted by atomic mass is 10.2. The third kappa shape index (κ3) is 5.40. The lowest BCUT2D eigenvalue weighted by molar-refractivity contribution is 0.0643. The molecule has 152 valence electrons. The zero-order valence-corrected chi connectivity index (χ0v) is 17.4. The van der Waals surface area contributed by atoms with Crippen molar-refractivity contribution >= 4 is 23.7 Å². The number of carbonyl (C=O) groups is 1. The van der Waals surface area contributed by atoms with Crippen LogP contribution in [-0.2, 0) is 0 Å². The molecule has 0 radical (unpaired) electrons. The maximum absolute atomic E-state index is 13.1. The van der Waals surface area contributed by atoms with Gasteiger partial charge in [-0.15, -0.1) is 0 Å². The van der Waals surface area contributed by atoms with Gasteiger partial charge in [-0.3, -0.25) is 9.69 Å². The van der Waals surface area contributed by atoms with Crippen molar-refractivity contribution in [2.45, 2.75) is 12.5 Å². The molecule has 0 aliphatic carbocycles. The topological polar surface area (TPSA) is 45.7 Å². The molecule has 3 heterocycles. The molecule has 1 unspecified atom stereocenters. The molecule has 0 N–H and O–H groups in total. The molecule has 29 heavy (non-hydrogen) atoms. The zero-order chi connectivity index (χ0) is 19.9. The fraction of sp³-hybridized carbons (Fsp3) is 0.391. The molecule has 4 rings (SSSR count). The van der Waals surface area contributed by atoms with E-state index in [1.807, 2.05) is 47.0 Å². The molecule has 1 aromatic carbocycles. The maximum atomic E-state index is 13.1. The van der Waals surface area contributed by atoms with Gasteiger partial charge in [-0.25, -0.2) is 4.98 Å². The third-order valence-corrected chi connectivity index (χ3v) is 6.43. The van der Waals surface area contributed by atoms with E-state index < -0.39 is 0 Å². The predicted octanol–water partition coefficient (Wildman–Crippen LogP) is 3.44. The molecule has 1 atom stereocenters. The smallest absolute Gasteiger partial charge is 0.259 e. The summed E-state index contributed by atoms with van der Waals surface area (Å²) in [5.41, 5.74) is 1.80. The standard InChI is InChI=1S/C23H27N3O2S/c27-23(21-9-4-11-24-22(21)28-20-10-17-29-18-20)26-15-13-25(14-16-26)12-5-8-19-6-2-1-3-7-19/h1-9,11,20H,10,12-18H2/b8-5+. The van der Waals surface area contributed by atoms with Crippen molar-refractivity contribution in [2.24, 2.45) is 0 Å². The van der Waals surface area contributed by atoms with Crippen molar-refractivity contribution < 1.29 is 9.53 Å². The average molecular weight is 410 g/mol. The summed E-state index contributed by atoms with van der Waals surface area (Å²) in [7, 11) is 0. The summed E-state index contributed by atoms with van der Waals surface area (Å²) in [6.45, 7) is 4.11. The van der Waals surface area contributed by atoms with E-state index in [0.717, 1.165) is 50.7 Å². The van der Waals surface area contributed by atoms with Crippen molar-refractivity contribution in [3.63, 3.8) is 0 Å². The predicted molar refractivity (Wildman–Crippen MR) is 118 cm³/mol. The van der Waals surface area contributed by atoms with Gasteiger partial charge in [0.05, 0.1) is 0 Å². The van der Waals surface area contributed by atoms with Crippen molar-refractivity contribution in [2.75, 3.05) is 44.2 Å². The van der Waals surface area contributed by atoms with Crippen LogP contribution in [0.4, 0.5) is 0 Å². The second-order valence-electron chi connectivity index (χ2n) is 7.37.